The molecule has 4 aromatic rings. The second-order valence-electron chi connectivity index (χ2n) is 6.18. The molecular weight excluding hydrogens is 388 g/mol. The van der Waals surface area contributed by atoms with Crippen LogP contribution >= 0.6 is 11.5 Å². The van der Waals surface area contributed by atoms with E-state index in [1.807, 2.05) is 36.0 Å². The van der Waals surface area contributed by atoms with Crippen LogP contribution in [0.25, 0.3) is 5.82 Å². The van der Waals surface area contributed by atoms with Crippen molar-refractivity contribution in [3.05, 3.63) is 71.8 Å². The van der Waals surface area contributed by atoms with Gasteiger partial charge in [0.15, 0.2) is 0 Å². The minimum Gasteiger partial charge on any atom is -0.439 e. The molecule has 1 amide bonds. The minimum atomic E-state index is -0.204. The van der Waals surface area contributed by atoms with E-state index < -0.39 is 0 Å². The molecule has 0 unspecified atom stereocenters. The third-order valence-corrected chi connectivity index (χ3v) is 4.85. The molecule has 9 heteroatoms. The molecule has 0 aliphatic carbocycles. The summed E-state index contributed by atoms with van der Waals surface area (Å²) in [5, 5.41) is 6.90. The number of aromatic nitrogens is 5. The number of aryl methyl sites for hydroxylation is 1. The Morgan fingerprint density at radius 3 is 2.72 bits per heavy atom. The smallest absolute Gasteiger partial charge is 0.269 e. The Balaban J connectivity index is 1.42. The second-order valence-corrected chi connectivity index (χ2v) is 6.94. The number of hydrogen-bond acceptors (Lipinski definition) is 7. The quantitative estimate of drug-likeness (QED) is 0.496. The van der Waals surface area contributed by atoms with E-state index in [0.717, 1.165) is 30.1 Å². The Bertz CT molecular complexity index is 1090. The van der Waals surface area contributed by atoms with Gasteiger partial charge in [-0.25, -0.2) is 9.97 Å². The molecule has 1 N–H and O–H groups in total. The highest BCUT2D eigenvalue weighted by Gasteiger charge is 2.15. The summed E-state index contributed by atoms with van der Waals surface area (Å²) < 4.78 is 11.6. The van der Waals surface area contributed by atoms with Gasteiger partial charge in [-0.1, -0.05) is 17.8 Å². The van der Waals surface area contributed by atoms with Gasteiger partial charge in [-0.15, -0.1) is 5.10 Å². The SMILES string of the molecule is CCCc1nnsc1C(=O)Nc1ccc(Oc2cc(-n3cccc3)ncn2)cc1. The van der Waals surface area contributed by atoms with E-state index in [1.54, 1.807) is 30.3 Å². The van der Waals surface area contributed by atoms with E-state index >= 15 is 0 Å². The van der Waals surface area contributed by atoms with E-state index in [1.165, 1.54) is 6.33 Å². The average molecular weight is 406 g/mol. The molecule has 0 radical (unpaired) electrons. The number of carbonyl (C=O) groups excluding carboxylic acids is 1. The summed E-state index contributed by atoms with van der Waals surface area (Å²) in [6, 6.07) is 12.7. The van der Waals surface area contributed by atoms with Gasteiger partial charge in [0.2, 0.25) is 5.88 Å². The van der Waals surface area contributed by atoms with Crippen LogP contribution in [0.3, 0.4) is 0 Å². The van der Waals surface area contributed by atoms with Gasteiger partial charge in [-0.2, -0.15) is 0 Å². The van der Waals surface area contributed by atoms with Gasteiger partial charge in [0, 0.05) is 24.1 Å². The van der Waals surface area contributed by atoms with Crippen LogP contribution in [-0.4, -0.2) is 30.0 Å². The molecule has 0 spiro atoms. The Kier molecular flexibility index (Phi) is 5.57. The first-order valence-corrected chi connectivity index (χ1v) is 9.86. The summed E-state index contributed by atoms with van der Waals surface area (Å²) in [6.07, 6.45) is 6.89. The van der Waals surface area contributed by atoms with Crippen LogP contribution in [0.5, 0.6) is 11.6 Å². The van der Waals surface area contributed by atoms with Crippen molar-refractivity contribution in [3.8, 4) is 17.4 Å². The molecule has 0 fully saturated rings. The number of rotatable bonds is 7. The van der Waals surface area contributed by atoms with Crippen molar-refractivity contribution in [2.45, 2.75) is 19.8 Å². The standard InChI is InChI=1S/C20H18N6O2S/c1-2-5-16-19(29-25-24-16)20(27)23-14-6-8-15(9-7-14)28-18-12-17(21-13-22-18)26-10-3-4-11-26/h3-4,6-13H,2,5H2,1H3,(H,23,27). The van der Waals surface area contributed by atoms with Crippen LogP contribution in [-0.2, 0) is 6.42 Å². The average Bonchev–Trinajstić information content (AvgIpc) is 3.42. The predicted molar refractivity (Wildman–Crippen MR) is 110 cm³/mol. The zero-order chi connectivity index (χ0) is 20.1. The molecule has 0 atom stereocenters. The first-order valence-electron chi connectivity index (χ1n) is 9.09. The largest absolute Gasteiger partial charge is 0.439 e. The molecule has 0 bridgehead atoms. The van der Waals surface area contributed by atoms with E-state index in [0.29, 0.717) is 28.0 Å². The summed E-state index contributed by atoms with van der Waals surface area (Å²) in [7, 11) is 0. The maximum absolute atomic E-state index is 12.5. The summed E-state index contributed by atoms with van der Waals surface area (Å²) in [6.45, 7) is 2.04. The molecule has 0 aliphatic heterocycles. The number of carbonyl (C=O) groups is 1. The van der Waals surface area contributed by atoms with Crippen LogP contribution in [0.1, 0.15) is 28.7 Å². The summed E-state index contributed by atoms with van der Waals surface area (Å²) in [5.41, 5.74) is 1.39. The lowest BCUT2D eigenvalue weighted by Gasteiger charge is -2.08. The number of nitrogens with zero attached hydrogens (tertiary/aromatic N) is 5. The number of hydrogen-bond donors (Lipinski definition) is 1. The Morgan fingerprint density at radius 1 is 1.17 bits per heavy atom. The molecule has 3 aromatic heterocycles. The Labute approximate surface area is 171 Å². The lowest BCUT2D eigenvalue weighted by atomic mass is 10.2. The molecule has 0 saturated carbocycles. The molecule has 1 aromatic carbocycles. The number of anilines is 1. The zero-order valence-electron chi connectivity index (χ0n) is 15.6. The lowest BCUT2D eigenvalue weighted by molar-refractivity contribution is 0.102. The van der Waals surface area contributed by atoms with Crippen LogP contribution < -0.4 is 10.1 Å². The number of amides is 1. The molecule has 4 rings (SSSR count). The molecule has 0 aliphatic rings. The lowest BCUT2D eigenvalue weighted by Crippen LogP contribution is -2.12. The molecule has 29 heavy (non-hydrogen) atoms. The van der Waals surface area contributed by atoms with Crippen molar-refractivity contribution in [1.82, 2.24) is 24.1 Å². The van der Waals surface area contributed by atoms with Gasteiger partial charge < -0.3 is 14.6 Å². The summed E-state index contributed by atoms with van der Waals surface area (Å²) in [4.78, 5) is 21.4. The van der Waals surface area contributed by atoms with Crippen molar-refractivity contribution >= 4 is 23.1 Å². The van der Waals surface area contributed by atoms with E-state index in [4.69, 9.17) is 4.74 Å². The summed E-state index contributed by atoms with van der Waals surface area (Å²) in [5.74, 6) is 1.54. The Hall–Kier alpha value is -3.59. The molecule has 8 nitrogen and oxygen atoms in total. The van der Waals surface area contributed by atoms with E-state index in [2.05, 4.69) is 24.9 Å². The Morgan fingerprint density at radius 2 is 1.97 bits per heavy atom. The number of benzene rings is 1. The molecule has 0 saturated heterocycles. The third kappa shape index (κ3) is 4.46. The number of ether oxygens (including phenoxy) is 1. The van der Waals surface area contributed by atoms with Crippen molar-refractivity contribution in [1.29, 1.82) is 0 Å². The van der Waals surface area contributed by atoms with Gasteiger partial charge in [0.25, 0.3) is 5.91 Å². The third-order valence-electron chi connectivity index (χ3n) is 4.08. The molecule has 146 valence electrons. The van der Waals surface area contributed by atoms with Crippen LogP contribution in [0.2, 0.25) is 0 Å². The topological polar surface area (TPSA) is 94.8 Å². The highest BCUT2D eigenvalue weighted by Crippen LogP contribution is 2.23. The number of nitrogens with one attached hydrogen (secondary N) is 1. The first kappa shape index (κ1) is 18.8. The minimum absolute atomic E-state index is 0.204. The van der Waals surface area contributed by atoms with Gasteiger partial charge in [0.1, 0.15) is 22.8 Å². The second kappa shape index (κ2) is 8.61. The summed E-state index contributed by atoms with van der Waals surface area (Å²) >= 11 is 1.11. The van der Waals surface area contributed by atoms with Crippen molar-refractivity contribution < 1.29 is 9.53 Å². The maximum atomic E-state index is 12.5. The highest BCUT2D eigenvalue weighted by atomic mass is 32.1. The fourth-order valence-corrected chi connectivity index (χ4v) is 3.31. The van der Waals surface area contributed by atoms with E-state index in [-0.39, 0.29) is 5.91 Å². The highest BCUT2D eigenvalue weighted by molar-refractivity contribution is 7.08. The van der Waals surface area contributed by atoms with Gasteiger partial charge in [-0.3, -0.25) is 4.79 Å². The fourth-order valence-electron chi connectivity index (χ4n) is 2.71. The predicted octanol–water partition coefficient (Wildman–Crippen LogP) is 4.12. The fraction of sp³-hybridized carbons (Fsp3) is 0.150. The van der Waals surface area contributed by atoms with Gasteiger partial charge in [-0.05, 0) is 54.4 Å². The maximum Gasteiger partial charge on any atom is 0.269 e. The molecular formula is C20H18N6O2S. The van der Waals surface area contributed by atoms with Crippen molar-refractivity contribution in [3.63, 3.8) is 0 Å². The zero-order valence-corrected chi connectivity index (χ0v) is 16.5. The van der Waals surface area contributed by atoms with Crippen LogP contribution in [0.15, 0.2) is 61.2 Å². The van der Waals surface area contributed by atoms with Gasteiger partial charge >= 0.3 is 0 Å². The monoisotopic (exact) mass is 406 g/mol. The molecule has 3 heterocycles. The van der Waals surface area contributed by atoms with Crippen molar-refractivity contribution in [2.24, 2.45) is 0 Å². The normalized spacial score (nSPS) is 10.7. The van der Waals surface area contributed by atoms with Gasteiger partial charge in [0.05, 0.1) is 5.69 Å². The van der Waals surface area contributed by atoms with Crippen LogP contribution in [0.4, 0.5) is 5.69 Å². The van der Waals surface area contributed by atoms with E-state index in [9.17, 15) is 4.79 Å². The first-order chi connectivity index (χ1) is 14.2. The van der Waals surface area contributed by atoms with Crippen molar-refractivity contribution in [2.75, 3.05) is 5.32 Å². The van der Waals surface area contributed by atoms with Crippen LogP contribution in [0, 0.1) is 0 Å².